The van der Waals surface area contributed by atoms with Crippen molar-refractivity contribution in [3.63, 3.8) is 0 Å². The van der Waals surface area contributed by atoms with E-state index < -0.39 is 5.92 Å². The Balaban J connectivity index is 1.38. The highest BCUT2D eigenvalue weighted by Gasteiger charge is 2.22. The number of carbonyl (C=O) groups excluding carboxylic acids is 1. The third-order valence-electron chi connectivity index (χ3n) is 6.01. The lowest BCUT2D eigenvalue weighted by Crippen LogP contribution is -2.22. The lowest BCUT2D eigenvalue weighted by atomic mass is 9.90. The smallest absolute Gasteiger partial charge is 0.236 e. The predicted octanol–water partition coefficient (Wildman–Crippen LogP) is 7.39. The van der Waals surface area contributed by atoms with Crippen LogP contribution >= 0.6 is 0 Å². The second-order valence-corrected chi connectivity index (χ2v) is 8.72. The van der Waals surface area contributed by atoms with E-state index in [0.29, 0.717) is 11.8 Å². The van der Waals surface area contributed by atoms with Gasteiger partial charge in [0.2, 0.25) is 11.8 Å². The normalized spacial score (nSPS) is 11.3. The van der Waals surface area contributed by atoms with E-state index in [-0.39, 0.29) is 5.91 Å². The summed E-state index contributed by atoms with van der Waals surface area (Å²) in [6.45, 7) is 4.32. The summed E-state index contributed by atoms with van der Waals surface area (Å²) in [7, 11) is 0. The Kier molecular flexibility index (Phi) is 5.96. The van der Waals surface area contributed by atoms with Crippen LogP contribution in [-0.4, -0.2) is 10.9 Å². The van der Waals surface area contributed by atoms with E-state index >= 15 is 0 Å². The molecule has 168 valence electrons. The van der Waals surface area contributed by atoms with Crippen LogP contribution in [0.2, 0.25) is 0 Å². The highest BCUT2D eigenvalue weighted by molar-refractivity contribution is 5.98. The van der Waals surface area contributed by atoms with Crippen LogP contribution in [0, 0.1) is 0 Å². The van der Waals surface area contributed by atoms with Gasteiger partial charge in [-0.05, 0) is 59.0 Å². The number of fused-ring (bicyclic) bond motifs is 1. The minimum Gasteiger partial charge on any atom is -0.436 e. The molecule has 5 aromatic rings. The molecule has 1 amide bonds. The SMILES string of the molecule is CC(C)c1ccc2oc(-c3ccc(NC(=O)C(c4ccccc4)c4ccccc4)cc3)nc2c1. The van der Waals surface area contributed by atoms with Gasteiger partial charge < -0.3 is 9.73 Å². The van der Waals surface area contributed by atoms with Crippen LogP contribution in [0.25, 0.3) is 22.6 Å². The molecule has 1 N–H and O–H groups in total. The van der Waals surface area contributed by atoms with Gasteiger partial charge in [0.05, 0.1) is 5.92 Å². The summed E-state index contributed by atoms with van der Waals surface area (Å²) in [5, 5.41) is 3.07. The van der Waals surface area contributed by atoms with Crippen LogP contribution < -0.4 is 5.32 Å². The summed E-state index contributed by atoms with van der Waals surface area (Å²) in [6.07, 6.45) is 0. The van der Waals surface area contributed by atoms with Crippen molar-refractivity contribution in [2.24, 2.45) is 0 Å². The molecule has 0 saturated carbocycles. The van der Waals surface area contributed by atoms with Crippen molar-refractivity contribution in [3.8, 4) is 11.5 Å². The summed E-state index contributed by atoms with van der Waals surface area (Å²) in [6, 6.07) is 33.4. The van der Waals surface area contributed by atoms with E-state index in [2.05, 4.69) is 36.3 Å². The molecule has 0 bridgehead atoms. The summed E-state index contributed by atoms with van der Waals surface area (Å²) in [5.74, 6) is 0.533. The highest BCUT2D eigenvalue weighted by atomic mass is 16.3. The monoisotopic (exact) mass is 446 g/mol. The molecule has 0 aliphatic carbocycles. The number of hydrogen-bond donors (Lipinski definition) is 1. The van der Waals surface area contributed by atoms with E-state index in [1.54, 1.807) is 0 Å². The molecule has 0 aliphatic heterocycles. The van der Waals surface area contributed by atoms with Gasteiger partial charge in [-0.25, -0.2) is 4.98 Å². The van der Waals surface area contributed by atoms with Crippen LogP contribution in [0.4, 0.5) is 5.69 Å². The first-order chi connectivity index (χ1) is 16.6. The molecular formula is C30H26N2O2. The first-order valence-electron chi connectivity index (χ1n) is 11.5. The van der Waals surface area contributed by atoms with Crippen LogP contribution in [0.15, 0.2) is 108 Å². The maximum atomic E-state index is 13.3. The number of aromatic nitrogens is 1. The van der Waals surface area contributed by atoms with Gasteiger partial charge in [-0.3, -0.25) is 4.79 Å². The third-order valence-corrected chi connectivity index (χ3v) is 6.01. The Morgan fingerprint density at radius 2 is 1.38 bits per heavy atom. The fourth-order valence-electron chi connectivity index (χ4n) is 4.12. The maximum Gasteiger partial charge on any atom is 0.236 e. The van der Waals surface area contributed by atoms with Crippen molar-refractivity contribution in [3.05, 3.63) is 120 Å². The second-order valence-electron chi connectivity index (χ2n) is 8.72. The number of nitrogens with one attached hydrogen (secondary N) is 1. The number of oxazole rings is 1. The Labute approximate surface area is 199 Å². The first kappa shape index (κ1) is 21.7. The molecule has 0 unspecified atom stereocenters. The summed E-state index contributed by atoms with van der Waals surface area (Å²) >= 11 is 0. The van der Waals surface area contributed by atoms with E-state index in [9.17, 15) is 4.79 Å². The Morgan fingerprint density at radius 1 is 0.765 bits per heavy atom. The number of benzene rings is 4. The van der Waals surface area contributed by atoms with Crippen LogP contribution in [0.3, 0.4) is 0 Å². The maximum absolute atomic E-state index is 13.3. The molecule has 0 saturated heterocycles. The first-order valence-corrected chi connectivity index (χ1v) is 11.5. The van der Waals surface area contributed by atoms with Gasteiger partial charge in [-0.15, -0.1) is 0 Å². The van der Waals surface area contributed by atoms with Crippen molar-refractivity contribution in [1.29, 1.82) is 0 Å². The van der Waals surface area contributed by atoms with E-state index in [1.165, 1.54) is 5.56 Å². The Morgan fingerprint density at radius 3 is 1.97 bits per heavy atom. The Hall–Kier alpha value is -4.18. The van der Waals surface area contributed by atoms with Gasteiger partial charge in [0.25, 0.3) is 0 Å². The zero-order valence-corrected chi connectivity index (χ0v) is 19.2. The topological polar surface area (TPSA) is 55.1 Å². The van der Waals surface area contributed by atoms with Crippen LogP contribution in [0.5, 0.6) is 0 Å². The van der Waals surface area contributed by atoms with Gasteiger partial charge >= 0.3 is 0 Å². The van der Waals surface area contributed by atoms with Gasteiger partial charge in [0, 0.05) is 11.3 Å². The molecule has 1 heterocycles. The van der Waals surface area contributed by atoms with Gasteiger partial charge in [0.15, 0.2) is 5.58 Å². The predicted molar refractivity (Wildman–Crippen MR) is 137 cm³/mol. The average Bonchev–Trinajstić information content (AvgIpc) is 3.29. The fourth-order valence-corrected chi connectivity index (χ4v) is 4.12. The molecule has 0 fully saturated rings. The van der Waals surface area contributed by atoms with Crippen LogP contribution in [0.1, 0.15) is 42.4 Å². The molecule has 34 heavy (non-hydrogen) atoms. The second kappa shape index (κ2) is 9.36. The number of nitrogens with zero attached hydrogens (tertiary/aromatic N) is 1. The van der Waals surface area contributed by atoms with Crippen molar-refractivity contribution in [2.45, 2.75) is 25.7 Å². The number of hydrogen-bond acceptors (Lipinski definition) is 3. The van der Waals surface area contributed by atoms with Crippen LogP contribution in [-0.2, 0) is 4.79 Å². The minimum absolute atomic E-state index is 0.0757. The summed E-state index contributed by atoms with van der Waals surface area (Å²) in [4.78, 5) is 18.0. The molecule has 4 nitrogen and oxygen atoms in total. The highest BCUT2D eigenvalue weighted by Crippen LogP contribution is 2.29. The van der Waals surface area contributed by atoms with Crippen molar-refractivity contribution in [2.75, 3.05) is 5.32 Å². The number of anilines is 1. The standard InChI is InChI=1S/C30H26N2O2/c1-20(2)24-15-18-27-26(19-24)32-30(34-27)23-13-16-25(17-14-23)31-29(33)28(21-9-5-3-6-10-21)22-11-7-4-8-12-22/h3-20,28H,1-2H3,(H,31,33). The molecule has 0 aliphatic rings. The molecule has 0 radical (unpaired) electrons. The van der Waals surface area contributed by atoms with Gasteiger partial charge in [-0.2, -0.15) is 0 Å². The molecule has 1 aromatic heterocycles. The van der Waals surface area contributed by atoms with Gasteiger partial charge in [0.1, 0.15) is 5.52 Å². The number of rotatable bonds is 6. The zero-order chi connectivity index (χ0) is 23.5. The van der Waals surface area contributed by atoms with Gasteiger partial charge in [-0.1, -0.05) is 80.6 Å². The quantitative estimate of drug-likeness (QED) is 0.296. The number of amides is 1. The molecule has 4 aromatic carbocycles. The molecular weight excluding hydrogens is 420 g/mol. The van der Waals surface area contributed by atoms with Crippen molar-refractivity contribution < 1.29 is 9.21 Å². The van der Waals surface area contributed by atoms with Crippen molar-refractivity contribution in [1.82, 2.24) is 4.98 Å². The fraction of sp³-hybridized carbons (Fsp3) is 0.133. The Bertz CT molecular complexity index is 1370. The average molecular weight is 447 g/mol. The van der Waals surface area contributed by atoms with E-state index in [1.807, 2.05) is 91.0 Å². The largest absolute Gasteiger partial charge is 0.436 e. The minimum atomic E-state index is -0.394. The third kappa shape index (κ3) is 4.48. The summed E-state index contributed by atoms with van der Waals surface area (Å²) < 4.78 is 5.97. The lowest BCUT2D eigenvalue weighted by Gasteiger charge is -2.18. The lowest BCUT2D eigenvalue weighted by molar-refractivity contribution is -0.116. The van der Waals surface area contributed by atoms with Crippen molar-refractivity contribution >= 4 is 22.7 Å². The molecule has 5 rings (SSSR count). The molecule has 0 atom stereocenters. The molecule has 0 spiro atoms. The van der Waals surface area contributed by atoms with E-state index in [4.69, 9.17) is 4.42 Å². The van der Waals surface area contributed by atoms with E-state index in [0.717, 1.165) is 33.5 Å². The summed E-state index contributed by atoms with van der Waals surface area (Å²) in [5.41, 5.74) is 6.35. The zero-order valence-electron chi connectivity index (χ0n) is 19.2. The molecule has 4 heteroatoms. The number of carbonyl (C=O) groups is 1.